The molecule has 0 amide bonds. The zero-order valence-electron chi connectivity index (χ0n) is 15.9. The molecule has 0 heterocycles. The first-order chi connectivity index (χ1) is 12.1. The van der Waals surface area contributed by atoms with Crippen LogP contribution in [0.1, 0.15) is 33.4 Å². The SMILES string of the molecule is CSc1cccc(Cc2c(C)c(C)c(OOP(C)(=O)O)c(C)c2C)c1O. The molecule has 0 fully saturated rings. The summed E-state index contributed by atoms with van der Waals surface area (Å²) in [6, 6.07) is 5.76. The van der Waals surface area contributed by atoms with Crippen molar-refractivity contribution in [1.29, 1.82) is 0 Å². The van der Waals surface area contributed by atoms with Crippen LogP contribution in [0.2, 0.25) is 0 Å². The van der Waals surface area contributed by atoms with Gasteiger partial charge in [0.1, 0.15) is 5.75 Å². The van der Waals surface area contributed by atoms with Crippen molar-refractivity contribution in [1.82, 2.24) is 0 Å². The monoisotopic (exact) mass is 396 g/mol. The van der Waals surface area contributed by atoms with Gasteiger partial charge in [0.15, 0.2) is 5.75 Å². The lowest BCUT2D eigenvalue weighted by Crippen LogP contribution is -2.06. The zero-order valence-corrected chi connectivity index (χ0v) is 17.6. The average molecular weight is 396 g/mol. The van der Waals surface area contributed by atoms with Crippen molar-refractivity contribution >= 4 is 19.4 Å². The fraction of sp³-hybridized carbons (Fsp3) is 0.368. The van der Waals surface area contributed by atoms with E-state index >= 15 is 0 Å². The normalized spacial score (nSPS) is 13.5. The molecule has 0 aliphatic rings. The van der Waals surface area contributed by atoms with Crippen molar-refractivity contribution in [3.8, 4) is 11.5 Å². The first kappa shape index (κ1) is 20.8. The van der Waals surface area contributed by atoms with Gasteiger partial charge in [-0.15, -0.1) is 16.4 Å². The van der Waals surface area contributed by atoms with Crippen LogP contribution in [0.25, 0.3) is 0 Å². The number of hydrogen-bond acceptors (Lipinski definition) is 5. The van der Waals surface area contributed by atoms with Gasteiger partial charge in [-0.3, -0.25) is 4.57 Å². The second-order valence-electron chi connectivity index (χ2n) is 6.41. The van der Waals surface area contributed by atoms with Gasteiger partial charge in [-0.1, -0.05) is 12.1 Å². The summed E-state index contributed by atoms with van der Waals surface area (Å²) >= 11 is 1.51. The Balaban J connectivity index is 2.47. The molecule has 0 spiro atoms. The molecular formula is C19H25O5PS. The quantitative estimate of drug-likeness (QED) is 0.307. The topological polar surface area (TPSA) is 76.0 Å². The summed E-state index contributed by atoms with van der Waals surface area (Å²) in [5.41, 5.74) is 5.66. The molecule has 1 unspecified atom stereocenters. The second kappa shape index (κ2) is 8.05. The van der Waals surface area contributed by atoms with E-state index in [4.69, 9.17) is 4.89 Å². The van der Waals surface area contributed by atoms with Crippen molar-refractivity contribution in [3.63, 3.8) is 0 Å². The molecule has 142 valence electrons. The number of benzene rings is 2. The van der Waals surface area contributed by atoms with E-state index in [0.717, 1.165) is 44.9 Å². The van der Waals surface area contributed by atoms with Gasteiger partial charge in [0.2, 0.25) is 0 Å². The van der Waals surface area contributed by atoms with Gasteiger partial charge in [0.25, 0.3) is 0 Å². The lowest BCUT2D eigenvalue weighted by molar-refractivity contribution is -0.109. The van der Waals surface area contributed by atoms with Crippen LogP contribution in [0.3, 0.4) is 0 Å². The van der Waals surface area contributed by atoms with Crippen molar-refractivity contribution in [2.24, 2.45) is 0 Å². The molecular weight excluding hydrogens is 371 g/mol. The van der Waals surface area contributed by atoms with Crippen molar-refractivity contribution in [2.75, 3.05) is 12.9 Å². The van der Waals surface area contributed by atoms with Gasteiger partial charge in [-0.25, -0.2) is 0 Å². The summed E-state index contributed by atoms with van der Waals surface area (Å²) < 4.78 is 16.0. The van der Waals surface area contributed by atoms with E-state index in [1.807, 2.05) is 52.1 Å². The van der Waals surface area contributed by atoms with Crippen molar-refractivity contribution in [2.45, 2.75) is 39.0 Å². The van der Waals surface area contributed by atoms with Gasteiger partial charge < -0.3 is 14.9 Å². The van der Waals surface area contributed by atoms with Crippen LogP contribution in [0.4, 0.5) is 0 Å². The molecule has 0 radical (unpaired) electrons. The van der Waals surface area contributed by atoms with E-state index in [-0.39, 0.29) is 0 Å². The Morgan fingerprint density at radius 1 is 1.08 bits per heavy atom. The molecule has 1 atom stereocenters. The van der Waals surface area contributed by atoms with Gasteiger partial charge >= 0.3 is 7.60 Å². The number of thioether (sulfide) groups is 1. The minimum absolute atomic E-state index is 0.310. The number of phenolic OH excluding ortho intramolecular Hbond substituents is 1. The Bertz CT molecular complexity index is 844. The molecule has 2 rings (SSSR count). The molecule has 0 saturated carbocycles. The van der Waals surface area contributed by atoms with E-state index in [1.54, 1.807) is 0 Å². The van der Waals surface area contributed by atoms with Crippen LogP contribution in [-0.2, 0) is 15.7 Å². The predicted molar refractivity (Wildman–Crippen MR) is 106 cm³/mol. The third-order valence-corrected chi connectivity index (χ3v) is 5.76. The van der Waals surface area contributed by atoms with Crippen molar-refractivity contribution < 1.29 is 24.1 Å². The van der Waals surface area contributed by atoms with Crippen LogP contribution >= 0.6 is 19.4 Å². The Labute approximate surface area is 158 Å². The van der Waals surface area contributed by atoms with E-state index in [0.29, 0.717) is 17.9 Å². The third kappa shape index (κ3) is 4.44. The molecule has 0 bridgehead atoms. The number of rotatable bonds is 6. The predicted octanol–water partition coefficient (Wildman–Crippen LogP) is 5.06. The highest BCUT2D eigenvalue weighted by molar-refractivity contribution is 7.98. The van der Waals surface area contributed by atoms with E-state index in [2.05, 4.69) is 4.67 Å². The standard InChI is InChI=1S/C19H25O5PS/c1-11-13(3)19(23-24-25(5,21)22)14(4)12(2)16(11)10-15-8-7-9-17(26-6)18(15)20/h7-9,20H,10H2,1-6H3,(H,21,22). The maximum Gasteiger partial charge on any atom is 0.363 e. The fourth-order valence-corrected chi connectivity index (χ4v) is 3.67. The average Bonchev–Trinajstić information content (AvgIpc) is 2.57. The lowest BCUT2D eigenvalue weighted by atomic mass is 9.89. The largest absolute Gasteiger partial charge is 0.506 e. The molecule has 0 aliphatic carbocycles. The first-order valence-corrected chi connectivity index (χ1v) is 11.4. The third-order valence-electron chi connectivity index (χ3n) is 4.64. The summed E-state index contributed by atoms with van der Waals surface area (Å²) in [5, 5.41) is 10.5. The summed E-state index contributed by atoms with van der Waals surface area (Å²) in [4.78, 5) is 15.3. The molecule has 0 saturated heterocycles. The molecule has 0 aromatic heterocycles. The highest BCUT2D eigenvalue weighted by atomic mass is 32.2. The number of aromatic hydroxyl groups is 1. The van der Waals surface area contributed by atoms with Gasteiger partial charge in [-0.2, -0.15) is 0 Å². The van der Waals surface area contributed by atoms with Crippen LogP contribution in [0, 0.1) is 27.7 Å². The molecule has 2 N–H and O–H groups in total. The van der Waals surface area contributed by atoms with Gasteiger partial charge in [0, 0.05) is 18.0 Å². The Morgan fingerprint density at radius 3 is 2.15 bits per heavy atom. The molecule has 0 aliphatic heterocycles. The summed E-state index contributed by atoms with van der Waals surface area (Å²) in [7, 11) is -3.74. The summed E-state index contributed by atoms with van der Waals surface area (Å²) in [5.74, 6) is 0.770. The first-order valence-electron chi connectivity index (χ1n) is 8.17. The van der Waals surface area contributed by atoms with E-state index in [1.165, 1.54) is 11.8 Å². The minimum atomic E-state index is -3.74. The maximum absolute atomic E-state index is 11.4. The minimum Gasteiger partial charge on any atom is -0.506 e. The van der Waals surface area contributed by atoms with Crippen molar-refractivity contribution in [3.05, 3.63) is 51.6 Å². The number of para-hydroxylation sites is 1. The number of phenols is 1. The lowest BCUT2D eigenvalue weighted by Gasteiger charge is -2.20. The smallest absolute Gasteiger partial charge is 0.363 e. The molecule has 26 heavy (non-hydrogen) atoms. The molecule has 5 nitrogen and oxygen atoms in total. The highest BCUT2D eigenvalue weighted by Gasteiger charge is 2.21. The second-order valence-corrected chi connectivity index (χ2v) is 9.02. The van der Waals surface area contributed by atoms with Crippen LogP contribution < -0.4 is 4.89 Å². The molecule has 7 heteroatoms. The van der Waals surface area contributed by atoms with Crippen LogP contribution in [-0.4, -0.2) is 22.9 Å². The van der Waals surface area contributed by atoms with Crippen LogP contribution in [0.5, 0.6) is 11.5 Å². The molecule has 2 aromatic carbocycles. The Morgan fingerprint density at radius 2 is 1.65 bits per heavy atom. The maximum atomic E-state index is 11.4. The zero-order chi connectivity index (χ0) is 19.6. The Hall–Kier alpha value is -1.46. The van der Waals surface area contributed by atoms with Crippen LogP contribution in [0.15, 0.2) is 23.1 Å². The summed E-state index contributed by atoms with van der Waals surface area (Å²) in [6.07, 6.45) is 2.52. The highest BCUT2D eigenvalue weighted by Crippen LogP contribution is 2.41. The number of hydrogen-bond donors (Lipinski definition) is 2. The van der Waals surface area contributed by atoms with Gasteiger partial charge in [-0.05, 0) is 73.4 Å². The fourth-order valence-electron chi connectivity index (χ4n) is 2.92. The van der Waals surface area contributed by atoms with E-state index in [9.17, 15) is 14.6 Å². The summed E-state index contributed by atoms with van der Waals surface area (Å²) in [6.45, 7) is 8.81. The van der Waals surface area contributed by atoms with E-state index < -0.39 is 7.60 Å². The van der Waals surface area contributed by atoms with Gasteiger partial charge in [0.05, 0.1) is 0 Å². The molecule has 2 aromatic rings. The Kier molecular flexibility index (Phi) is 6.46.